The summed E-state index contributed by atoms with van der Waals surface area (Å²) in [4.78, 5) is 12.5. The first-order chi connectivity index (χ1) is 13.0. The van der Waals surface area contributed by atoms with Crippen molar-refractivity contribution >= 4 is 15.9 Å². The predicted molar refractivity (Wildman–Crippen MR) is 101 cm³/mol. The van der Waals surface area contributed by atoms with Crippen LogP contribution in [0.25, 0.3) is 0 Å². The number of hydrogen-bond acceptors (Lipinski definition) is 4. The van der Waals surface area contributed by atoms with Crippen LogP contribution in [0.5, 0.6) is 0 Å². The van der Waals surface area contributed by atoms with Crippen molar-refractivity contribution in [2.45, 2.75) is 24.4 Å². The summed E-state index contributed by atoms with van der Waals surface area (Å²) in [5, 5.41) is 2.88. The van der Waals surface area contributed by atoms with Crippen molar-refractivity contribution in [1.82, 2.24) is 10.0 Å². The van der Waals surface area contributed by atoms with Gasteiger partial charge in [-0.1, -0.05) is 36.4 Å². The van der Waals surface area contributed by atoms with E-state index in [4.69, 9.17) is 4.42 Å². The molecule has 3 rings (SSSR count). The van der Waals surface area contributed by atoms with Gasteiger partial charge in [-0.15, -0.1) is 0 Å². The fraction of sp³-hybridized carbons (Fsp3) is 0.150. The molecular weight excluding hydrogens is 364 g/mol. The number of nitrogens with one attached hydrogen (secondary N) is 2. The van der Waals surface area contributed by atoms with Crippen molar-refractivity contribution in [2.75, 3.05) is 0 Å². The third-order valence-electron chi connectivity index (χ3n) is 4.07. The highest BCUT2D eigenvalue weighted by molar-refractivity contribution is 7.89. The first-order valence-corrected chi connectivity index (χ1v) is 9.92. The van der Waals surface area contributed by atoms with E-state index in [0.29, 0.717) is 5.76 Å². The second kappa shape index (κ2) is 8.20. The number of amides is 1. The average Bonchev–Trinajstić information content (AvgIpc) is 3.21. The normalized spacial score (nSPS) is 12.5. The molecule has 27 heavy (non-hydrogen) atoms. The van der Waals surface area contributed by atoms with Crippen LogP contribution in [0.15, 0.2) is 82.3 Å². The summed E-state index contributed by atoms with van der Waals surface area (Å²) >= 11 is 0. The minimum atomic E-state index is -3.76. The van der Waals surface area contributed by atoms with E-state index in [0.717, 1.165) is 5.56 Å². The van der Waals surface area contributed by atoms with Crippen molar-refractivity contribution in [1.29, 1.82) is 0 Å². The summed E-state index contributed by atoms with van der Waals surface area (Å²) in [6, 6.07) is 18.6. The van der Waals surface area contributed by atoms with E-state index < -0.39 is 10.0 Å². The maximum Gasteiger partial charge on any atom is 0.251 e. The SMILES string of the molecule is CC(NC(=O)c1cccc(S(=O)(=O)NCc2ccco2)c1)c1ccccc1. The molecule has 1 amide bonds. The van der Waals surface area contributed by atoms with Gasteiger partial charge >= 0.3 is 0 Å². The number of benzene rings is 2. The number of rotatable bonds is 7. The molecule has 1 atom stereocenters. The molecule has 2 aromatic carbocycles. The molecule has 140 valence electrons. The highest BCUT2D eigenvalue weighted by atomic mass is 32.2. The molecule has 0 fully saturated rings. The van der Waals surface area contributed by atoms with E-state index in [9.17, 15) is 13.2 Å². The monoisotopic (exact) mass is 384 g/mol. The van der Waals surface area contributed by atoms with Gasteiger partial charge in [-0.3, -0.25) is 4.79 Å². The van der Waals surface area contributed by atoms with Crippen LogP contribution in [-0.2, 0) is 16.6 Å². The Kier molecular flexibility index (Phi) is 5.73. The summed E-state index contributed by atoms with van der Waals surface area (Å²) in [7, 11) is -3.76. The standard InChI is InChI=1S/C20H20N2O4S/c1-15(16-7-3-2-4-8-16)22-20(23)17-9-5-11-19(13-17)27(24,25)21-14-18-10-6-12-26-18/h2-13,15,21H,14H2,1H3,(H,22,23). The summed E-state index contributed by atoms with van der Waals surface area (Å²) in [5.41, 5.74) is 1.24. The second-order valence-corrected chi connectivity index (χ2v) is 7.80. The van der Waals surface area contributed by atoms with Crippen molar-refractivity contribution < 1.29 is 17.6 Å². The topological polar surface area (TPSA) is 88.4 Å². The van der Waals surface area contributed by atoms with Crippen molar-refractivity contribution in [3.63, 3.8) is 0 Å². The molecule has 0 aliphatic carbocycles. The minimum absolute atomic E-state index is 0.0223. The quantitative estimate of drug-likeness (QED) is 0.654. The number of carbonyl (C=O) groups is 1. The van der Waals surface area contributed by atoms with E-state index in [1.165, 1.54) is 18.4 Å². The minimum Gasteiger partial charge on any atom is -0.468 e. The average molecular weight is 384 g/mol. The van der Waals surface area contributed by atoms with Crippen molar-refractivity contribution in [2.24, 2.45) is 0 Å². The zero-order chi connectivity index (χ0) is 19.3. The van der Waals surface area contributed by atoms with Crippen LogP contribution in [0.1, 0.15) is 34.6 Å². The van der Waals surface area contributed by atoms with Gasteiger partial charge in [0.15, 0.2) is 0 Å². The molecule has 0 radical (unpaired) electrons. The van der Waals surface area contributed by atoms with Gasteiger partial charge in [0, 0.05) is 5.56 Å². The molecule has 7 heteroatoms. The van der Waals surface area contributed by atoms with Gasteiger partial charge in [0.1, 0.15) is 5.76 Å². The number of carbonyl (C=O) groups excluding carboxylic acids is 1. The smallest absolute Gasteiger partial charge is 0.251 e. The molecule has 0 aliphatic rings. The fourth-order valence-corrected chi connectivity index (χ4v) is 3.61. The lowest BCUT2D eigenvalue weighted by molar-refractivity contribution is 0.0939. The van der Waals surface area contributed by atoms with E-state index in [1.807, 2.05) is 37.3 Å². The molecule has 6 nitrogen and oxygen atoms in total. The highest BCUT2D eigenvalue weighted by Crippen LogP contribution is 2.15. The third kappa shape index (κ3) is 4.84. The van der Waals surface area contributed by atoms with Crippen LogP contribution < -0.4 is 10.0 Å². The van der Waals surface area contributed by atoms with Gasteiger partial charge in [-0.2, -0.15) is 0 Å². The Labute approximate surface area is 158 Å². The first kappa shape index (κ1) is 18.9. The van der Waals surface area contributed by atoms with Crippen LogP contribution in [0.2, 0.25) is 0 Å². The Morgan fingerprint density at radius 1 is 1.04 bits per heavy atom. The molecule has 1 aromatic heterocycles. The van der Waals surface area contributed by atoms with Crippen molar-refractivity contribution in [3.8, 4) is 0 Å². The summed E-state index contributed by atoms with van der Waals surface area (Å²) in [6.45, 7) is 1.91. The van der Waals surface area contributed by atoms with Gasteiger partial charge in [0.2, 0.25) is 10.0 Å². The van der Waals surface area contributed by atoms with Gasteiger partial charge < -0.3 is 9.73 Å². The second-order valence-electron chi connectivity index (χ2n) is 6.04. The van der Waals surface area contributed by atoms with Gasteiger partial charge in [-0.25, -0.2) is 13.1 Å². The lowest BCUT2D eigenvalue weighted by Gasteiger charge is -2.15. The van der Waals surface area contributed by atoms with Crippen LogP contribution in [0.4, 0.5) is 0 Å². The molecule has 0 aliphatic heterocycles. The maximum atomic E-state index is 12.5. The molecule has 0 bridgehead atoms. The van der Waals surface area contributed by atoms with Gasteiger partial charge in [0.25, 0.3) is 5.91 Å². The van der Waals surface area contributed by atoms with Crippen LogP contribution in [0, 0.1) is 0 Å². The predicted octanol–water partition coefficient (Wildman–Crippen LogP) is 3.25. The van der Waals surface area contributed by atoms with E-state index >= 15 is 0 Å². The Balaban J connectivity index is 1.71. The molecule has 0 saturated heterocycles. The molecule has 1 unspecified atom stereocenters. The zero-order valence-electron chi connectivity index (χ0n) is 14.8. The highest BCUT2D eigenvalue weighted by Gasteiger charge is 2.17. The van der Waals surface area contributed by atoms with Crippen LogP contribution in [0.3, 0.4) is 0 Å². The Bertz CT molecular complexity index is 999. The Morgan fingerprint density at radius 2 is 1.81 bits per heavy atom. The Morgan fingerprint density at radius 3 is 2.52 bits per heavy atom. The van der Waals surface area contributed by atoms with E-state index in [2.05, 4.69) is 10.0 Å². The van der Waals surface area contributed by atoms with Crippen LogP contribution >= 0.6 is 0 Å². The lowest BCUT2D eigenvalue weighted by atomic mass is 10.1. The number of hydrogen-bond donors (Lipinski definition) is 2. The zero-order valence-corrected chi connectivity index (χ0v) is 15.6. The Hall–Kier alpha value is -2.90. The number of furan rings is 1. The fourth-order valence-electron chi connectivity index (χ4n) is 2.57. The van der Waals surface area contributed by atoms with E-state index in [1.54, 1.807) is 24.3 Å². The lowest BCUT2D eigenvalue weighted by Crippen LogP contribution is -2.27. The van der Waals surface area contributed by atoms with Crippen LogP contribution in [-0.4, -0.2) is 14.3 Å². The third-order valence-corrected chi connectivity index (χ3v) is 5.47. The van der Waals surface area contributed by atoms with Gasteiger partial charge in [-0.05, 0) is 42.8 Å². The molecule has 0 saturated carbocycles. The maximum absolute atomic E-state index is 12.5. The largest absolute Gasteiger partial charge is 0.468 e. The molecule has 3 aromatic rings. The molecule has 1 heterocycles. The molecule has 2 N–H and O–H groups in total. The van der Waals surface area contributed by atoms with Gasteiger partial charge in [0.05, 0.1) is 23.7 Å². The summed E-state index contributed by atoms with van der Waals surface area (Å²) < 4.78 is 32.5. The first-order valence-electron chi connectivity index (χ1n) is 8.43. The summed E-state index contributed by atoms with van der Waals surface area (Å²) in [6.07, 6.45) is 1.47. The summed E-state index contributed by atoms with van der Waals surface area (Å²) in [5.74, 6) is 0.165. The molecule has 0 spiro atoms. The van der Waals surface area contributed by atoms with E-state index in [-0.39, 0.29) is 29.0 Å². The molecular formula is C20H20N2O4S. The number of sulfonamides is 1. The van der Waals surface area contributed by atoms with Crippen molar-refractivity contribution in [3.05, 3.63) is 89.9 Å².